The van der Waals surface area contributed by atoms with Gasteiger partial charge in [0, 0.05) is 0 Å². The molecule has 0 aliphatic carbocycles. The normalized spacial score (nSPS) is 16.5. The molecule has 2 N–H and O–H groups in total. The van der Waals surface area contributed by atoms with E-state index in [-0.39, 0.29) is 6.41 Å². The summed E-state index contributed by atoms with van der Waals surface area (Å²) in [6.45, 7) is 12.7. The van der Waals surface area contributed by atoms with Gasteiger partial charge in [0.1, 0.15) is 0 Å². The van der Waals surface area contributed by atoms with Crippen molar-refractivity contribution in [3.05, 3.63) is 0 Å². The Labute approximate surface area is 101 Å². The summed E-state index contributed by atoms with van der Waals surface area (Å²) < 4.78 is 0. The number of hydrogen-bond donors (Lipinski definition) is 1. The van der Waals surface area contributed by atoms with Crippen LogP contribution < -0.4 is 5.73 Å². The fourth-order valence-electron chi connectivity index (χ4n) is 1.67. The van der Waals surface area contributed by atoms with Crippen LogP contribution in [0.3, 0.4) is 0 Å². The summed E-state index contributed by atoms with van der Waals surface area (Å²) in [5.41, 5.74) is 4.17. The van der Waals surface area contributed by atoms with Crippen LogP contribution in [0.5, 0.6) is 0 Å². The van der Waals surface area contributed by atoms with Gasteiger partial charge in [0.25, 0.3) is 0 Å². The van der Waals surface area contributed by atoms with Crippen LogP contribution in [0.2, 0.25) is 0 Å². The van der Waals surface area contributed by atoms with Crippen molar-refractivity contribution >= 4 is 6.41 Å². The minimum absolute atomic E-state index is 0.250. The number of piperidine rings is 1. The summed E-state index contributed by atoms with van der Waals surface area (Å²) in [4.78, 5) is 11.2. The van der Waals surface area contributed by atoms with Crippen LogP contribution >= 0.6 is 0 Å². The van der Waals surface area contributed by atoms with E-state index in [0.717, 1.165) is 5.92 Å². The first-order valence-corrected chi connectivity index (χ1v) is 6.62. The maximum Gasteiger partial charge on any atom is 0.204 e. The molecule has 0 saturated carbocycles. The van der Waals surface area contributed by atoms with Crippen molar-refractivity contribution in [2.45, 2.75) is 53.4 Å². The van der Waals surface area contributed by atoms with Crippen LogP contribution in [0.15, 0.2) is 0 Å². The number of nitrogens with two attached hydrogens (primary N) is 1. The number of amides is 1. The lowest BCUT2D eigenvalue weighted by molar-refractivity contribution is -0.106. The third-order valence-corrected chi connectivity index (χ3v) is 2.70. The highest BCUT2D eigenvalue weighted by molar-refractivity contribution is 5.42. The molecule has 1 rings (SSSR count). The van der Waals surface area contributed by atoms with Crippen molar-refractivity contribution in [2.75, 3.05) is 19.6 Å². The van der Waals surface area contributed by atoms with Crippen molar-refractivity contribution in [2.24, 2.45) is 11.7 Å². The van der Waals surface area contributed by atoms with Crippen LogP contribution in [-0.4, -0.2) is 30.9 Å². The van der Waals surface area contributed by atoms with Gasteiger partial charge in [-0.25, -0.2) is 0 Å². The van der Waals surface area contributed by atoms with Gasteiger partial charge in [-0.3, -0.25) is 4.79 Å². The van der Waals surface area contributed by atoms with Gasteiger partial charge in [0.15, 0.2) is 0 Å². The Hall–Kier alpha value is -0.570. The zero-order valence-corrected chi connectivity index (χ0v) is 11.5. The first-order chi connectivity index (χ1) is 7.74. The zero-order valence-electron chi connectivity index (χ0n) is 11.5. The topological polar surface area (TPSA) is 46.3 Å². The number of rotatable bonds is 3. The van der Waals surface area contributed by atoms with Gasteiger partial charge < -0.3 is 10.6 Å². The monoisotopic (exact) mass is 230 g/mol. The number of likely N-dealkylation sites (tertiary alicyclic amines) is 1. The number of carbonyl (C=O) groups excluding carboxylic acids is 1. The Morgan fingerprint density at radius 1 is 1.31 bits per heavy atom. The summed E-state index contributed by atoms with van der Waals surface area (Å²) in [6.07, 6.45) is 5.81. The van der Waals surface area contributed by atoms with E-state index in [1.165, 1.54) is 45.3 Å². The molecule has 1 heterocycles. The number of primary amides is 1. The highest BCUT2D eigenvalue weighted by Gasteiger charge is 2.14. The molecule has 0 aromatic rings. The summed E-state index contributed by atoms with van der Waals surface area (Å²) >= 11 is 0. The van der Waals surface area contributed by atoms with Crippen molar-refractivity contribution in [1.82, 2.24) is 4.90 Å². The molecule has 16 heavy (non-hydrogen) atoms. The lowest BCUT2D eigenvalue weighted by Crippen LogP contribution is -2.33. The van der Waals surface area contributed by atoms with Crippen molar-refractivity contribution in [3.63, 3.8) is 0 Å². The third-order valence-electron chi connectivity index (χ3n) is 2.70. The Morgan fingerprint density at radius 2 is 1.75 bits per heavy atom. The van der Waals surface area contributed by atoms with Crippen LogP contribution in [0.4, 0.5) is 0 Å². The fourth-order valence-corrected chi connectivity index (χ4v) is 1.67. The molecule has 98 valence electrons. The quantitative estimate of drug-likeness (QED) is 0.758. The maximum atomic E-state index is 8.58. The Balaban J connectivity index is 0. The summed E-state index contributed by atoms with van der Waals surface area (Å²) in [5, 5.41) is 0. The van der Waals surface area contributed by atoms with Crippen LogP contribution in [0.25, 0.3) is 0 Å². The molecule has 1 saturated heterocycles. The smallest absolute Gasteiger partial charge is 0.204 e. The van der Waals surface area contributed by atoms with Crippen molar-refractivity contribution in [3.8, 4) is 0 Å². The second kappa shape index (κ2) is 14.4. The second-order valence-corrected chi connectivity index (χ2v) is 4.01. The van der Waals surface area contributed by atoms with Crippen molar-refractivity contribution < 1.29 is 4.79 Å². The molecule has 1 aliphatic heterocycles. The summed E-state index contributed by atoms with van der Waals surface area (Å²) in [6, 6.07) is 0. The summed E-state index contributed by atoms with van der Waals surface area (Å²) in [5.74, 6) is 0.980. The molecule has 0 aromatic carbocycles. The lowest BCUT2D eigenvalue weighted by Gasteiger charge is -2.29. The van der Waals surface area contributed by atoms with Gasteiger partial charge in [0.2, 0.25) is 6.41 Å². The minimum atomic E-state index is 0.250. The largest absolute Gasteiger partial charge is 0.372 e. The fraction of sp³-hybridized carbons (Fsp3) is 0.923. The predicted molar refractivity (Wildman–Crippen MR) is 71.3 cm³/mol. The van der Waals surface area contributed by atoms with Gasteiger partial charge in [0.05, 0.1) is 0 Å². The number of unbranched alkanes of at least 4 members (excludes halogenated alkanes) is 1. The van der Waals surface area contributed by atoms with Gasteiger partial charge >= 0.3 is 0 Å². The number of nitrogens with zero attached hydrogens (tertiary/aromatic N) is 1. The molecule has 3 nitrogen and oxygen atoms in total. The molecular weight excluding hydrogens is 200 g/mol. The van der Waals surface area contributed by atoms with E-state index in [0.29, 0.717) is 0 Å². The maximum absolute atomic E-state index is 8.58. The third kappa shape index (κ3) is 11.5. The molecule has 3 heteroatoms. The van der Waals surface area contributed by atoms with E-state index in [2.05, 4.69) is 24.5 Å². The molecule has 0 radical (unpaired) electrons. The standard InChI is InChI=1S/C10H21N.C2H6.CH3NO/c1-3-4-7-11-8-5-10(2)6-9-11;1-2;2-1-3/h10H,3-9H2,1-2H3;1-2H3;1H,(H2,2,3). The Kier molecular flexibility index (Phi) is 16.1. The van der Waals surface area contributed by atoms with Crippen LogP contribution in [-0.2, 0) is 4.79 Å². The van der Waals surface area contributed by atoms with Crippen LogP contribution in [0, 0.1) is 5.92 Å². The zero-order chi connectivity index (χ0) is 12.8. The van der Waals surface area contributed by atoms with Gasteiger partial charge in [-0.05, 0) is 44.8 Å². The second-order valence-electron chi connectivity index (χ2n) is 4.01. The molecule has 0 bridgehead atoms. The van der Waals surface area contributed by atoms with Gasteiger partial charge in [-0.1, -0.05) is 34.1 Å². The molecule has 0 atom stereocenters. The summed E-state index contributed by atoms with van der Waals surface area (Å²) in [7, 11) is 0. The molecule has 0 spiro atoms. The molecule has 0 aromatic heterocycles. The Bertz CT molecular complexity index is 129. The predicted octanol–water partition coefficient (Wildman–Crippen LogP) is 2.65. The van der Waals surface area contributed by atoms with E-state index in [4.69, 9.17) is 4.79 Å². The van der Waals surface area contributed by atoms with Crippen molar-refractivity contribution in [1.29, 1.82) is 0 Å². The molecule has 1 aliphatic rings. The van der Waals surface area contributed by atoms with E-state index < -0.39 is 0 Å². The number of carbonyl (C=O) groups is 1. The van der Waals surface area contributed by atoms with Gasteiger partial charge in [-0.15, -0.1) is 0 Å². The SMILES string of the molecule is CC.CCCCN1CCC(C)CC1.NC=O. The van der Waals surface area contributed by atoms with Crippen LogP contribution in [0.1, 0.15) is 53.4 Å². The van der Waals surface area contributed by atoms with E-state index in [1.54, 1.807) is 0 Å². The average molecular weight is 230 g/mol. The molecule has 0 unspecified atom stereocenters. The highest BCUT2D eigenvalue weighted by Crippen LogP contribution is 2.15. The molecule has 1 amide bonds. The number of hydrogen-bond acceptors (Lipinski definition) is 2. The van der Waals surface area contributed by atoms with E-state index in [9.17, 15) is 0 Å². The van der Waals surface area contributed by atoms with E-state index in [1.807, 2.05) is 13.8 Å². The molecule has 1 fully saturated rings. The highest BCUT2D eigenvalue weighted by atomic mass is 16.1. The van der Waals surface area contributed by atoms with Gasteiger partial charge in [-0.2, -0.15) is 0 Å². The lowest BCUT2D eigenvalue weighted by atomic mass is 9.99. The first-order valence-electron chi connectivity index (χ1n) is 6.62. The first kappa shape index (κ1) is 17.8. The Morgan fingerprint density at radius 3 is 2.12 bits per heavy atom. The molecular formula is C13H30N2O. The average Bonchev–Trinajstić information content (AvgIpc) is 2.32. The van der Waals surface area contributed by atoms with E-state index >= 15 is 0 Å². The minimum Gasteiger partial charge on any atom is -0.372 e.